The number of hydrogen-bond donors (Lipinski definition) is 5. The molecule has 0 aromatic heterocycles. The quantitative estimate of drug-likeness (QED) is 0.283. The first-order valence-corrected chi connectivity index (χ1v) is 18.3. The largest absolute Gasteiger partial charge is 0.347 e. The Bertz CT molecular complexity index is 1520. The molecule has 0 saturated carbocycles. The Morgan fingerprint density at radius 2 is 1.61 bits per heavy atom. The number of carbonyl (C=O) groups is 6. The van der Waals surface area contributed by atoms with Gasteiger partial charge in [0.2, 0.25) is 29.5 Å². The predicted octanol–water partition coefficient (Wildman–Crippen LogP) is 2.09. The molecule has 2 fully saturated rings. The number of nitrogens with zero attached hydrogens (tertiary/aromatic N) is 1. The van der Waals surface area contributed by atoms with Crippen LogP contribution < -0.4 is 26.6 Å². The van der Waals surface area contributed by atoms with Gasteiger partial charge in [-0.15, -0.1) is 0 Å². The van der Waals surface area contributed by atoms with Gasteiger partial charge < -0.3 is 31.5 Å². The average Bonchev–Trinajstić information content (AvgIpc) is 3.51. The van der Waals surface area contributed by atoms with Crippen LogP contribution in [0.4, 0.5) is 0 Å². The van der Waals surface area contributed by atoms with E-state index in [1.807, 2.05) is 31.4 Å². The number of aryl methyl sites for hydroxylation is 1. The van der Waals surface area contributed by atoms with Crippen molar-refractivity contribution in [3.63, 3.8) is 0 Å². The summed E-state index contributed by atoms with van der Waals surface area (Å²) in [7, 11) is 0. The van der Waals surface area contributed by atoms with E-state index < -0.39 is 65.8 Å². The Morgan fingerprint density at radius 1 is 0.918 bits per heavy atom. The van der Waals surface area contributed by atoms with Gasteiger partial charge in [0, 0.05) is 18.2 Å². The van der Waals surface area contributed by atoms with Crippen LogP contribution in [0.15, 0.2) is 54.6 Å². The molecule has 0 aliphatic carbocycles. The molecule has 6 amide bonds. The molecule has 264 valence electrons. The Labute approximate surface area is 292 Å². The van der Waals surface area contributed by atoms with Gasteiger partial charge in [0.05, 0.1) is 12.5 Å². The number of rotatable bonds is 8. The Kier molecular flexibility index (Phi) is 13.2. The van der Waals surface area contributed by atoms with Crippen molar-refractivity contribution in [2.45, 2.75) is 89.6 Å². The molecule has 12 nitrogen and oxygen atoms in total. The van der Waals surface area contributed by atoms with Crippen LogP contribution in [0.5, 0.6) is 0 Å². The zero-order valence-electron chi connectivity index (χ0n) is 28.8. The first-order valence-electron chi connectivity index (χ1n) is 16.9. The van der Waals surface area contributed by atoms with Crippen LogP contribution in [-0.2, 0) is 30.4 Å². The fraction of sp³-hybridized carbons (Fsp3) is 0.500. The maximum Gasteiger partial charge on any atom is 0.251 e. The molecule has 2 aliphatic heterocycles. The van der Waals surface area contributed by atoms with Crippen molar-refractivity contribution in [3.05, 3.63) is 71.3 Å². The van der Waals surface area contributed by atoms with Gasteiger partial charge in [-0.2, -0.15) is 11.8 Å². The van der Waals surface area contributed by atoms with Crippen molar-refractivity contribution in [2.24, 2.45) is 5.92 Å². The second-order valence-electron chi connectivity index (χ2n) is 13.0. The molecule has 0 bridgehead atoms. The van der Waals surface area contributed by atoms with Crippen LogP contribution >= 0.6 is 11.8 Å². The zero-order chi connectivity index (χ0) is 35.7. The van der Waals surface area contributed by atoms with Gasteiger partial charge in [-0.25, -0.2) is 0 Å². The van der Waals surface area contributed by atoms with Gasteiger partial charge in [-0.3, -0.25) is 28.8 Å². The topological polar surface area (TPSA) is 166 Å². The fourth-order valence-corrected chi connectivity index (χ4v) is 6.72. The van der Waals surface area contributed by atoms with E-state index in [9.17, 15) is 28.8 Å². The summed E-state index contributed by atoms with van der Waals surface area (Å²) >= 11 is 1.52. The third kappa shape index (κ3) is 9.62. The van der Waals surface area contributed by atoms with E-state index in [1.165, 1.54) is 23.6 Å². The van der Waals surface area contributed by atoms with Gasteiger partial charge in [-0.1, -0.05) is 69.3 Å². The molecule has 0 unspecified atom stereocenters. The number of thioether (sulfide) groups is 1. The van der Waals surface area contributed by atoms with Crippen molar-refractivity contribution in [1.29, 1.82) is 0 Å². The van der Waals surface area contributed by atoms with E-state index in [0.717, 1.165) is 5.56 Å². The summed E-state index contributed by atoms with van der Waals surface area (Å²) in [5, 5.41) is 14.3. The molecule has 6 atom stereocenters. The van der Waals surface area contributed by atoms with Crippen molar-refractivity contribution in [2.75, 3.05) is 18.6 Å². The van der Waals surface area contributed by atoms with Gasteiger partial charge in [0.15, 0.2) is 0 Å². The SMILES string of the molecule is CCc1ccccc1C(=O)N[C@H]1C[C@H]2C(=O)N[C@@H](C)C(=O)N[C@H](c3ccccc3)CC(=O)N[C@@H](CCSC)C(=O)N[C@@H](C(C)C)C(=O)N2C1. The monoisotopic (exact) mass is 692 g/mol. The standard InChI is InChI=1S/C36H48N6O6S/c1-6-23-12-10-11-15-26(23)33(45)38-25-18-29-35(47)37-22(4)32(44)40-28(24-13-8-7-9-14-24)19-30(43)39-27(16-17-49-5)34(46)41-31(21(2)3)36(48)42(29)20-25/h7-15,21-22,25,27-29,31H,6,16-20H2,1-5H3,(H,37,47)(H,38,45)(H,39,43)(H,40,44)(H,41,46)/t22-,25-,27-,28-,29-,31-/m0/s1. The lowest BCUT2D eigenvalue weighted by Crippen LogP contribution is -2.59. The predicted molar refractivity (Wildman–Crippen MR) is 188 cm³/mol. The lowest BCUT2D eigenvalue weighted by Gasteiger charge is -2.32. The van der Waals surface area contributed by atoms with E-state index in [0.29, 0.717) is 29.7 Å². The van der Waals surface area contributed by atoms with Crippen LogP contribution in [0.3, 0.4) is 0 Å². The third-order valence-electron chi connectivity index (χ3n) is 9.02. The maximum atomic E-state index is 14.2. The van der Waals surface area contributed by atoms with Crippen LogP contribution in [0, 0.1) is 5.92 Å². The minimum absolute atomic E-state index is 0.0271. The molecule has 2 saturated heterocycles. The number of amides is 6. The summed E-state index contributed by atoms with van der Waals surface area (Å²) in [4.78, 5) is 83.4. The smallest absolute Gasteiger partial charge is 0.251 e. The van der Waals surface area contributed by atoms with Gasteiger partial charge in [-0.05, 0) is 61.3 Å². The van der Waals surface area contributed by atoms with Crippen LogP contribution in [0.1, 0.15) is 74.5 Å². The summed E-state index contributed by atoms with van der Waals surface area (Å²) < 4.78 is 0. The molecule has 0 spiro atoms. The molecular weight excluding hydrogens is 644 g/mol. The Morgan fingerprint density at radius 3 is 2.29 bits per heavy atom. The molecule has 2 heterocycles. The van der Waals surface area contributed by atoms with E-state index in [2.05, 4.69) is 26.6 Å². The Hall–Kier alpha value is -4.39. The van der Waals surface area contributed by atoms with E-state index in [1.54, 1.807) is 50.2 Å². The van der Waals surface area contributed by atoms with Crippen molar-refractivity contribution >= 4 is 47.2 Å². The lowest BCUT2D eigenvalue weighted by atomic mass is 10.0. The average molecular weight is 693 g/mol. The normalized spacial score (nSPS) is 25.6. The molecule has 0 radical (unpaired) electrons. The minimum atomic E-state index is -1.02. The number of nitrogens with one attached hydrogen (secondary N) is 5. The molecule has 2 aromatic rings. The first kappa shape index (κ1) is 37.4. The summed E-state index contributed by atoms with van der Waals surface area (Å²) in [6.07, 6.45) is 2.84. The highest BCUT2D eigenvalue weighted by molar-refractivity contribution is 7.98. The van der Waals surface area contributed by atoms with Crippen molar-refractivity contribution in [1.82, 2.24) is 31.5 Å². The molecule has 13 heteroatoms. The molecule has 4 rings (SSSR count). The molecule has 49 heavy (non-hydrogen) atoms. The maximum absolute atomic E-state index is 14.2. The zero-order valence-corrected chi connectivity index (χ0v) is 29.6. The van der Waals surface area contributed by atoms with Crippen molar-refractivity contribution < 1.29 is 28.8 Å². The summed E-state index contributed by atoms with van der Waals surface area (Å²) in [5.41, 5.74) is 2.08. The molecule has 2 aromatic carbocycles. The van der Waals surface area contributed by atoms with Crippen LogP contribution in [0.2, 0.25) is 0 Å². The van der Waals surface area contributed by atoms with Crippen molar-refractivity contribution in [3.8, 4) is 0 Å². The van der Waals surface area contributed by atoms with Gasteiger partial charge in [0.1, 0.15) is 24.2 Å². The third-order valence-corrected chi connectivity index (χ3v) is 9.66. The summed E-state index contributed by atoms with van der Waals surface area (Å²) in [6, 6.07) is 11.0. The molecule has 2 aliphatic rings. The van der Waals surface area contributed by atoms with E-state index in [4.69, 9.17) is 0 Å². The second-order valence-corrected chi connectivity index (χ2v) is 13.9. The van der Waals surface area contributed by atoms with Crippen LogP contribution in [-0.4, -0.2) is 89.1 Å². The number of fused-ring (bicyclic) bond motifs is 1. The van der Waals surface area contributed by atoms with Gasteiger partial charge in [0.25, 0.3) is 5.91 Å². The highest BCUT2D eigenvalue weighted by Gasteiger charge is 2.44. The lowest BCUT2D eigenvalue weighted by molar-refractivity contribution is -0.143. The highest BCUT2D eigenvalue weighted by Crippen LogP contribution is 2.23. The summed E-state index contributed by atoms with van der Waals surface area (Å²) in [6.45, 7) is 7.11. The molecular formula is C36H48N6O6S. The first-order chi connectivity index (χ1) is 23.4. The number of carbonyl (C=O) groups excluding carboxylic acids is 6. The number of hydrogen-bond acceptors (Lipinski definition) is 7. The second kappa shape index (κ2) is 17.3. The van der Waals surface area contributed by atoms with E-state index in [-0.39, 0.29) is 31.2 Å². The fourth-order valence-electron chi connectivity index (χ4n) is 6.24. The molecule has 5 N–H and O–H groups in total. The van der Waals surface area contributed by atoms with Gasteiger partial charge >= 0.3 is 0 Å². The van der Waals surface area contributed by atoms with E-state index >= 15 is 0 Å². The number of benzene rings is 2. The summed E-state index contributed by atoms with van der Waals surface area (Å²) in [5.74, 6) is -2.64. The Balaban J connectivity index is 1.68. The highest BCUT2D eigenvalue weighted by atomic mass is 32.2. The van der Waals surface area contributed by atoms with Crippen LogP contribution in [0.25, 0.3) is 0 Å². The minimum Gasteiger partial charge on any atom is -0.347 e.